The lowest BCUT2D eigenvalue weighted by Crippen LogP contribution is -2.47. The molecule has 2 aromatic carbocycles. The summed E-state index contributed by atoms with van der Waals surface area (Å²) in [6.45, 7) is -0.653. The van der Waals surface area contributed by atoms with Crippen molar-refractivity contribution < 1.29 is 27.3 Å². The van der Waals surface area contributed by atoms with Gasteiger partial charge in [-0.2, -0.15) is 13.2 Å². The van der Waals surface area contributed by atoms with Crippen molar-refractivity contribution in [1.29, 1.82) is 0 Å². The van der Waals surface area contributed by atoms with Gasteiger partial charge >= 0.3 is 6.18 Å². The number of alkyl halides is 3. The van der Waals surface area contributed by atoms with Crippen LogP contribution >= 0.6 is 47.8 Å². The molecule has 0 heterocycles. The van der Waals surface area contributed by atoms with Gasteiger partial charge in [0.1, 0.15) is 5.75 Å². The van der Waals surface area contributed by atoms with E-state index in [0.29, 0.717) is 24.7 Å². The largest absolute Gasteiger partial charge is 0.423 e. The molecule has 31 heavy (non-hydrogen) atoms. The summed E-state index contributed by atoms with van der Waals surface area (Å²) in [4.78, 5) is 11.6. The Bertz CT molecular complexity index is 971. The maximum Gasteiger partial charge on any atom is 0.423 e. The quantitative estimate of drug-likeness (QED) is 0.383. The van der Waals surface area contributed by atoms with Gasteiger partial charge in [0, 0.05) is 42.7 Å². The SMILES string of the molecule is C[S@](=O)CC(=O)NCc1ccc(NC[C@](O)(c2cc(Br)cc(Br)c2)C(F)(F)F)cc1Br. The summed E-state index contributed by atoms with van der Waals surface area (Å²) in [6.07, 6.45) is -3.51. The van der Waals surface area contributed by atoms with Gasteiger partial charge in [-0.05, 0) is 41.5 Å². The van der Waals surface area contributed by atoms with Crippen LogP contribution in [0.15, 0.2) is 49.8 Å². The molecule has 0 saturated carbocycles. The number of hydrogen-bond donors (Lipinski definition) is 3. The minimum Gasteiger partial charge on any atom is -0.381 e. The normalized spacial score (nSPS) is 14.6. The zero-order valence-electron chi connectivity index (χ0n) is 16.0. The van der Waals surface area contributed by atoms with Gasteiger partial charge in [0.15, 0.2) is 0 Å². The number of halogens is 6. The molecular weight excluding hydrogens is 633 g/mol. The maximum absolute atomic E-state index is 13.8. The van der Waals surface area contributed by atoms with E-state index >= 15 is 0 Å². The number of carbonyl (C=O) groups is 1. The molecule has 0 aliphatic rings. The smallest absolute Gasteiger partial charge is 0.381 e. The number of amides is 1. The highest BCUT2D eigenvalue weighted by Gasteiger charge is 2.55. The summed E-state index contributed by atoms with van der Waals surface area (Å²) in [6, 6.07) is 8.71. The standard InChI is InChI=1S/C19H18Br3F3N2O3S/c1-31(30)9-17(28)26-8-11-2-3-15(7-16(11)22)27-10-18(29,19(23,24)25)12-4-13(20)6-14(21)5-12/h2-7,27,29H,8-10H2,1H3,(H,26,28)/t18-,31-/m0/s1. The fourth-order valence-electron chi connectivity index (χ4n) is 2.62. The summed E-state index contributed by atoms with van der Waals surface area (Å²) < 4.78 is 53.7. The number of anilines is 1. The Hall–Kier alpha value is -0.950. The first kappa shape index (κ1) is 26.3. The summed E-state index contributed by atoms with van der Waals surface area (Å²) in [5.74, 6) is -0.482. The molecule has 0 aromatic heterocycles. The van der Waals surface area contributed by atoms with E-state index in [4.69, 9.17) is 0 Å². The molecule has 0 bridgehead atoms. The molecule has 3 N–H and O–H groups in total. The van der Waals surface area contributed by atoms with E-state index in [0.717, 1.165) is 0 Å². The van der Waals surface area contributed by atoms with Crippen LogP contribution in [0.1, 0.15) is 11.1 Å². The molecule has 12 heteroatoms. The second kappa shape index (κ2) is 10.8. The van der Waals surface area contributed by atoms with Crippen molar-refractivity contribution in [3.05, 3.63) is 60.9 Å². The van der Waals surface area contributed by atoms with E-state index < -0.39 is 29.1 Å². The number of rotatable bonds is 8. The number of benzene rings is 2. The molecule has 0 spiro atoms. The Morgan fingerprint density at radius 3 is 2.23 bits per heavy atom. The topological polar surface area (TPSA) is 78.4 Å². The van der Waals surface area contributed by atoms with Gasteiger partial charge in [0.25, 0.3) is 0 Å². The Morgan fingerprint density at radius 1 is 1.10 bits per heavy atom. The minimum absolute atomic E-state index is 0.112. The number of carbonyl (C=O) groups excluding carboxylic acids is 1. The van der Waals surface area contributed by atoms with E-state index in [1.807, 2.05) is 0 Å². The highest BCUT2D eigenvalue weighted by molar-refractivity contribution is 9.11. The molecule has 170 valence electrons. The molecular formula is C19H18Br3F3N2O3S. The summed E-state index contributed by atoms with van der Waals surface area (Å²) in [5, 5.41) is 15.8. The first-order valence-corrected chi connectivity index (χ1v) is 12.8. The van der Waals surface area contributed by atoms with Crippen LogP contribution in [-0.4, -0.2) is 40.0 Å². The van der Waals surface area contributed by atoms with E-state index in [1.54, 1.807) is 18.2 Å². The van der Waals surface area contributed by atoms with Gasteiger partial charge in [-0.3, -0.25) is 9.00 Å². The molecule has 2 atom stereocenters. The second-order valence-corrected chi connectivity index (χ2v) is 10.8. The zero-order valence-corrected chi connectivity index (χ0v) is 21.6. The van der Waals surface area contributed by atoms with Gasteiger partial charge < -0.3 is 15.7 Å². The fourth-order valence-corrected chi connectivity index (χ4v) is 4.90. The van der Waals surface area contributed by atoms with Gasteiger partial charge in [-0.1, -0.05) is 53.9 Å². The Labute approximate surface area is 205 Å². The highest BCUT2D eigenvalue weighted by atomic mass is 79.9. The van der Waals surface area contributed by atoms with Crippen molar-refractivity contribution in [3.63, 3.8) is 0 Å². The summed E-state index contributed by atoms with van der Waals surface area (Å²) in [5.41, 5.74) is -2.43. The Balaban J connectivity index is 2.16. The summed E-state index contributed by atoms with van der Waals surface area (Å²) >= 11 is 9.61. The van der Waals surface area contributed by atoms with E-state index in [-0.39, 0.29) is 23.8 Å². The van der Waals surface area contributed by atoms with Crippen molar-refractivity contribution in [2.24, 2.45) is 0 Å². The van der Waals surface area contributed by atoms with Crippen LogP contribution in [0.5, 0.6) is 0 Å². The molecule has 0 radical (unpaired) electrons. The van der Waals surface area contributed by atoms with Crippen molar-refractivity contribution in [1.82, 2.24) is 5.32 Å². The van der Waals surface area contributed by atoms with Crippen LogP contribution < -0.4 is 10.6 Å². The average molecular weight is 651 g/mol. The van der Waals surface area contributed by atoms with Gasteiger partial charge in [-0.25, -0.2) is 0 Å². The number of hydrogen-bond acceptors (Lipinski definition) is 4. The van der Waals surface area contributed by atoms with Gasteiger partial charge in [-0.15, -0.1) is 0 Å². The number of aliphatic hydroxyl groups is 1. The molecule has 0 aliphatic carbocycles. The molecule has 2 rings (SSSR count). The average Bonchev–Trinajstić information content (AvgIpc) is 2.63. The van der Waals surface area contributed by atoms with Crippen molar-refractivity contribution >= 4 is 70.2 Å². The Kier molecular flexibility index (Phi) is 9.15. The Morgan fingerprint density at radius 2 is 1.71 bits per heavy atom. The monoisotopic (exact) mass is 648 g/mol. The molecule has 2 aromatic rings. The third kappa shape index (κ3) is 7.28. The van der Waals surface area contributed by atoms with Crippen LogP contribution in [0.3, 0.4) is 0 Å². The lowest BCUT2D eigenvalue weighted by atomic mass is 9.93. The summed E-state index contributed by atoms with van der Waals surface area (Å²) in [7, 11) is -1.26. The first-order chi connectivity index (χ1) is 14.3. The van der Waals surface area contributed by atoms with Gasteiger partial charge in [0.05, 0.1) is 6.54 Å². The van der Waals surface area contributed by atoms with Crippen LogP contribution in [0.25, 0.3) is 0 Å². The predicted octanol–water partition coefficient (Wildman–Crippen LogP) is 4.83. The molecule has 5 nitrogen and oxygen atoms in total. The predicted molar refractivity (Wildman–Crippen MR) is 125 cm³/mol. The lowest BCUT2D eigenvalue weighted by molar-refractivity contribution is -0.260. The van der Waals surface area contributed by atoms with E-state index in [9.17, 15) is 27.3 Å². The lowest BCUT2D eigenvalue weighted by Gasteiger charge is -2.32. The number of nitrogens with one attached hydrogen (secondary N) is 2. The zero-order chi connectivity index (χ0) is 23.4. The molecule has 0 saturated heterocycles. The molecule has 0 unspecified atom stereocenters. The van der Waals surface area contributed by atoms with E-state index in [1.165, 1.54) is 24.5 Å². The van der Waals surface area contributed by atoms with Crippen LogP contribution in [-0.2, 0) is 27.7 Å². The second-order valence-electron chi connectivity index (χ2n) is 6.67. The van der Waals surface area contributed by atoms with Crippen molar-refractivity contribution in [3.8, 4) is 0 Å². The van der Waals surface area contributed by atoms with E-state index in [2.05, 4.69) is 58.4 Å². The molecule has 0 aliphatic heterocycles. The highest BCUT2D eigenvalue weighted by Crippen LogP contribution is 2.41. The molecule has 1 amide bonds. The third-order valence-electron chi connectivity index (χ3n) is 4.22. The molecule has 0 fully saturated rings. The van der Waals surface area contributed by atoms with Crippen LogP contribution in [0, 0.1) is 0 Å². The van der Waals surface area contributed by atoms with Crippen LogP contribution in [0.4, 0.5) is 18.9 Å². The fraction of sp³-hybridized carbons (Fsp3) is 0.316. The third-order valence-corrected chi connectivity index (χ3v) is 6.54. The van der Waals surface area contributed by atoms with Crippen molar-refractivity contribution in [2.75, 3.05) is 23.9 Å². The van der Waals surface area contributed by atoms with Gasteiger partial charge in [0.2, 0.25) is 11.5 Å². The first-order valence-electron chi connectivity index (χ1n) is 8.66. The minimum atomic E-state index is -4.93. The van der Waals surface area contributed by atoms with Crippen LogP contribution in [0.2, 0.25) is 0 Å². The van der Waals surface area contributed by atoms with Crippen molar-refractivity contribution in [2.45, 2.75) is 18.3 Å². The maximum atomic E-state index is 13.8.